The second-order valence-corrected chi connectivity index (χ2v) is 3.78. The quantitative estimate of drug-likeness (QED) is 0.655. The Bertz CT molecular complexity index is 174. The molecular formula is C9H19NO3. The first-order valence-corrected chi connectivity index (χ1v) is 4.60. The van der Waals surface area contributed by atoms with Crippen molar-refractivity contribution in [3.8, 4) is 0 Å². The molecule has 0 aromatic carbocycles. The van der Waals surface area contributed by atoms with Crippen molar-refractivity contribution >= 4 is 0 Å². The fourth-order valence-electron chi connectivity index (χ4n) is 1.90. The van der Waals surface area contributed by atoms with E-state index in [1.54, 1.807) is 14.2 Å². The van der Waals surface area contributed by atoms with E-state index in [1.807, 2.05) is 13.8 Å². The molecule has 78 valence electrons. The Balaban J connectivity index is 2.83. The molecule has 1 saturated heterocycles. The third-order valence-electron chi connectivity index (χ3n) is 3.20. The number of ether oxygens (including phenoxy) is 2. The molecule has 0 bridgehead atoms. The molecule has 1 rings (SSSR count). The van der Waals surface area contributed by atoms with Crippen molar-refractivity contribution < 1.29 is 14.7 Å². The number of methoxy groups -OCH3 is 1. The summed E-state index contributed by atoms with van der Waals surface area (Å²) in [6.45, 7) is 4.60. The predicted molar refractivity (Wildman–Crippen MR) is 48.8 cm³/mol. The van der Waals surface area contributed by atoms with Gasteiger partial charge in [0, 0.05) is 20.8 Å². The molecule has 4 heteroatoms. The van der Waals surface area contributed by atoms with Gasteiger partial charge < -0.3 is 14.7 Å². The summed E-state index contributed by atoms with van der Waals surface area (Å²) in [7, 11) is 3.31. The maximum absolute atomic E-state index is 9.58. The highest BCUT2D eigenvalue weighted by molar-refractivity contribution is 4.97. The van der Waals surface area contributed by atoms with Gasteiger partial charge in [-0.05, 0) is 20.3 Å². The van der Waals surface area contributed by atoms with E-state index in [0.717, 1.165) is 6.42 Å². The lowest BCUT2D eigenvalue weighted by Crippen LogP contribution is -2.62. The molecule has 1 aliphatic rings. The van der Waals surface area contributed by atoms with Crippen LogP contribution in [0.15, 0.2) is 0 Å². The van der Waals surface area contributed by atoms with Gasteiger partial charge in [0.1, 0.15) is 0 Å². The molecular weight excluding hydrogens is 170 g/mol. The summed E-state index contributed by atoms with van der Waals surface area (Å²) in [5, 5.41) is 10.8. The topological polar surface area (TPSA) is 41.9 Å². The van der Waals surface area contributed by atoms with Crippen molar-refractivity contribution in [2.75, 3.05) is 20.8 Å². The van der Waals surface area contributed by atoms with Crippen molar-refractivity contribution in [1.82, 2.24) is 5.06 Å². The third-order valence-corrected chi connectivity index (χ3v) is 3.20. The molecule has 1 aliphatic heterocycles. The Kier molecular flexibility index (Phi) is 3.29. The van der Waals surface area contributed by atoms with Crippen LogP contribution >= 0.6 is 0 Å². The summed E-state index contributed by atoms with van der Waals surface area (Å²) >= 11 is 0. The van der Waals surface area contributed by atoms with Crippen LogP contribution in [0.2, 0.25) is 0 Å². The van der Waals surface area contributed by atoms with E-state index in [1.165, 1.54) is 5.06 Å². The van der Waals surface area contributed by atoms with Crippen molar-refractivity contribution in [2.45, 2.75) is 38.0 Å². The van der Waals surface area contributed by atoms with E-state index in [0.29, 0.717) is 6.61 Å². The van der Waals surface area contributed by atoms with Crippen LogP contribution in [0.3, 0.4) is 0 Å². The molecule has 0 amide bonds. The van der Waals surface area contributed by atoms with Crippen LogP contribution in [0.1, 0.15) is 20.3 Å². The van der Waals surface area contributed by atoms with Gasteiger partial charge in [0.2, 0.25) is 0 Å². The predicted octanol–water partition coefficient (Wildman–Crippen LogP) is 0.890. The lowest BCUT2D eigenvalue weighted by Gasteiger charge is -2.47. The lowest BCUT2D eigenvalue weighted by molar-refractivity contribution is -0.250. The van der Waals surface area contributed by atoms with E-state index in [9.17, 15) is 5.21 Å². The fraction of sp³-hybridized carbons (Fsp3) is 1.00. The molecule has 0 saturated carbocycles. The highest BCUT2D eigenvalue weighted by Crippen LogP contribution is 2.31. The zero-order valence-corrected chi connectivity index (χ0v) is 8.78. The molecule has 1 heterocycles. The second kappa shape index (κ2) is 3.92. The average Bonchev–Trinajstić information content (AvgIpc) is 2.09. The van der Waals surface area contributed by atoms with Crippen LogP contribution in [0.25, 0.3) is 0 Å². The fourth-order valence-corrected chi connectivity index (χ4v) is 1.90. The summed E-state index contributed by atoms with van der Waals surface area (Å²) in [5.74, 6) is 0. The highest BCUT2D eigenvalue weighted by atomic mass is 16.5. The monoisotopic (exact) mass is 189 g/mol. The van der Waals surface area contributed by atoms with E-state index >= 15 is 0 Å². The number of rotatable bonds is 2. The minimum Gasteiger partial charge on any atom is -0.379 e. The van der Waals surface area contributed by atoms with Gasteiger partial charge in [0.15, 0.2) is 0 Å². The van der Waals surface area contributed by atoms with Crippen LogP contribution in [0, 0.1) is 0 Å². The maximum atomic E-state index is 9.58. The minimum atomic E-state index is -0.451. The number of hydrogen-bond donors (Lipinski definition) is 1. The van der Waals surface area contributed by atoms with Crippen LogP contribution < -0.4 is 0 Å². The number of hydrogen-bond acceptors (Lipinski definition) is 4. The summed E-state index contributed by atoms with van der Waals surface area (Å²) in [6, 6.07) is 0. The largest absolute Gasteiger partial charge is 0.379 e. The Morgan fingerprint density at radius 1 is 1.62 bits per heavy atom. The van der Waals surface area contributed by atoms with E-state index in [-0.39, 0.29) is 12.2 Å². The van der Waals surface area contributed by atoms with Crippen molar-refractivity contribution in [3.63, 3.8) is 0 Å². The molecule has 1 N–H and O–H groups in total. The number of nitrogens with zero attached hydrogens (tertiary/aromatic N) is 1. The van der Waals surface area contributed by atoms with E-state index in [2.05, 4.69) is 0 Å². The van der Waals surface area contributed by atoms with Crippen molar-refractivity contribution in [2.24, 2.45) is 0 Å². The smallest absolute Gasteiger partial charge is 0.0948 e. The minimum absolute atomic E-state index is 0.0197. The van der Waals surface area contributed by atoms with Gasteiger partial charge in [-0.25, -0.2) is 0 Å². The molecule has 3 atom stereocenters. The summed E-state index contributed by atoms with van der Waals surface area (Å²) in [4.78, 5) is 0. The first-order chi connectivity index (χ1) is 6.03. The zero-order chi connectivity index (χ0) is 10.1. The maximum Gasteiger partial charge on any atom is 0.0948 e. The normalized spacial score (nSPS) is 41.1. The van der Waals surface area contributed by atoms with Crippen LogP contribution in [0.4, 0.5) is 0 Å². The van der Waals surface area contributed by atoms with Gasteiger partial charge in [-0.3, -0.25) is 0 Å². The van der Waals surface area contributed by atoms with Gasteiger partial charge in [0.05, 0.1) is 17.7 Å². The third kappa shape index (κ3) is 1.72. The van der Waals surface area contributed by atoms with Crippen LogP contribution in [-0.2, 0) is 9.47 Å². The summed E-state index contributed by atoms with van der Waals surface area (Å²) < 4.78 is 10.9. The molecule has 0 spiro atoms. The zero-order valence-electron chi connectivity index (χ0n) is 8.78. The molecule has 0 aromatic heterocycles. The Morgan fingerprint density at radius 2 is 2.23 bits per heavy atom. The van der Waals surface area contributed by atoms with E-state index < -0.39 is 5.54 Å². The lowest BCUT2D eigenvalue weighted by atomic mass is 9.85. The van der Waals surface area contributed by atoms with Gasteiger partial charge >= 0.3 is 0 Å². The van der Waals surface area contributed by atoms with Gasteiger partial charge in [-0.15, -0.1) is 0 Å². The number of likely N-dealkylation sites (N-methyl/N-ethyl adjacent to an activating group) is 1. The Labute approximate surface area is 79.4 Å². The van der Waals surface area contributed by atoms with Gasteiger partial charge in [0.25, 0.3) is 0 Å². The summed E-state index contributed by atoms with van der Waals surface area (Å²) in [6.07, 6.45) is 0.815. The number of hydroxylamine groups is 2. The Morgan fingerprint density at radius 3 is 2.62 bits per heavy atom. The molecule has 2 unspecified atom stereocenters. The first-order valence-electron chi connectivity index (χ1n) is 4.60. The first kappa shape index (κ1) is 10.9. The van der Waals surface area contributed by atoms with E-state index in [4.69, 9.17) is 9.47 Å². The van der Waals surface area contributed by atoms with Gasteiger partial charge in [-0.1, -0.05) is 0 Å². The molecule has 13 heavy (non-hydrogen) atoms. The SMILES string of the molecule is COC1CCOC(C)[C@@]1(C)N(C)O. The van der Waals surface area contributed by atoms with Crippen LogP contribution in [-0.4, -0.2) is 48.8 Å². The highest BCUT2D eigenvalue weighted by Gasteiger charge is 2.46. The van der Waals surface area contributed by atoms with Crippen molar-refractivity contribution in [1.29, 1.82) is 0 Å². The summed E-state index contributed by atoms with van der Waals surface area (Å²) in [5.41, 5.74) is -0.451. The van der Waals surface area contributed by atoms with Crippen LogP contribution in [0.5, 0.6) is 0 Å². The molecule has 1 fully saturated rings. The Hall–Kier alpha value is -0.160. The standard InChI is InChI=1S/C9H19NO3/c1-7-9(2,10(3)11)8(12-4)5-6-13-7/h7-8,11H,5-6H2,1-4H3/t7?,8?,9-/m1/s1. The average molecular weight is 189 g/mol. The van der Waals surface area contributed by atoms with Crippen molar-refractivity contribution in [3.05, 3.63) is 0 Å². The molecule has 0 aromatic rings. The molecule has 0 radical (unpaired) electrons. The molecule has 0 aliphatic carbocycles. The second-order valence-electron chi connectivity index (χ2n) is 3.78. The van der Waals surface area contributed by atoms with Gasteiger partial charge in [-0.2, -0.15) is 5.06 Å². The molecule has 4 nitrogen and oxygen atoms in total.